The van der Waals surface area contributed by atoms with E-state index < -0.39 is 0 Å². The molecule has 0 unspecified atom stereocenters. The monoisotopic (exact) mass is 442 g/mol. The second kappa shape index (κ2) is 8.84. The van der Waals surface area contributed by atoms with Gasteiger partial charge in [-0.3, -0.25) is 4.68 Å². The maximum absolute atomic E-state index is 9.04. The van der Waals surface area contributed by atoms with Crippen LogP contribution in [0.4, 0.5) is 11.6 Å². The Morgan fingerprint density at radius 3 is 2.48 bits per heavy atom. The molecule has 1 aromatic carbocycles. The Bertz CT molecular complexity index is 1340. The summed E-state index contributed by atoms with van der Waals surface area (Å²) in [6.07, 6.45) is 1.46. The number of nitriles is 1. The van der Waals surface area contributed by atoms with Gasteiger partial charge in [0.15, 0.2) is 5.82 Å². The van der Waals surface area contributed by atoms with Gasteiger partial charge >= 0.3 is 0 Å². The van der Waals surface area contributed by atoms with E-state index >= 15 is 0 Å². The molecule has 0 saturated carbocycles. The third kappa shape index (κ3) is 4.08. The number of nitrogens with one attached hydrogen (secondary N) is 1. The summed E-state index contributed by atoms with van der Waals surface area (Å²) in [6, 6.07) is 11.4. The van der Waals surface area contributed by atoms with Gasteiger partial charge in [-0.15, -0.1) is 0 Å². The van der Waals surface area contributed by atoms with Crippen LogP contribution < -0.4 is 5.32 Å². The van der Waals surface area contributed by atoms with E-state index in [9.17, 15) is 0 Å². The predicted molar refractivity (Wildman–Crippen MR) is 125 cm³/mol. The third-order valence-electron chi connectivity index (χ3n) is 5.79. The molecule has 3 aromatic heterocycles. The van der Waals surface area contributed by atoms with E-state index in [0.29, 0.717) is 17.2 Å². The summed E-state index contributed by atoms with van der Waals surface area (Å²) in [6.45, 7) is 7.99. The van der Waals surface area contributed by atoms with Crippen molar-refractivity contribution in [1.29, 1.82) is 5.26 Å². The van der Waals surface area contributed by atoms with E-state index in [4.69, 9.17) is 10.00 Å². The van der Waals surface area contributed by atoms with Crippen LogP contribution in [0.2, 0.25) is 0 Å². The number of nitrogens with zero attached hydrogens (tertiary/aromatic N) is 7. The molecule has 0 fully saturated rings. The smallest absolute Gasteiger partial charge is 0.159 e. The number of benzene rings is 1. The zero-order valence-corrected chi connectivity index (χ0v) is 19.6. The first-order chi connectivity index (χ1) is 15.8. The van der Waals surface area contributed by atoms with E-state index in [2.05, 4.69) is 31.6 Å². The number of aryl methyl sites for hydroxylation is 2. The van der Waals surface area contributed by atoms with Crippen molar-refractivity contribution in [2.75, 3.05) is 12.4 Å². The van der Waals surface area contributed by atoms with Crippen molar-refractivity contribution < 1.29 is 4.74 Å². The Hall–Kier alpha value is -4.03. The lowest BCUT2D eigenvalue weighted by Gasteiger charge is -2.11. The fourth-order valence-corrected chi connectivity index (χ4v) is 4.02. The topological polar surface area (TPSA) is 106 Å². The number of aromatic nitrogens is 6. The zero-order chi connectivity index (χ0) is 23.7. The summed E-state index contributed by atoms with van der Waals surface area (Å²) in [5.74, 6) is 2.11. The number of hydrogen-bond acceptors (Lipinski definition) is 7. The van der Waals surface area contributed by atoms with Gasteiger partial charge in [0.1, 0.15) is 18.0 Å². The van der Waals surface area contributed by atoms with Crippen LogP contribution in [-0.4, -0.2) is 36.6 Å². The van der Waals surface area contributed by atoms with Gasteiger partial charge in [0.2, 0.25) is 0 Å². The second-order valence-corrected chi connectivity index (χ2v) is 7.90. The highest BCUT2D eigenvalue weighted by atomic mass is 16.5. The Morgan fingerprint density at radius 1 is 1.09 bits per heavy atom. The number of methoxy groups -OCH3 is 1. The van der Waals surface area contributed by atoms with Crippen molar-refractivity contribution in [3.8, 4) is 23.1 Å². The molecular formula is C24H26N8O. The molecule has 9 heteroatoms. The number of hydrogen-bond donors (Lipinski definition) is 1. The van der Waals surface area contributed by atoms with Gasteiger partial charge in [0.05, 0.1) is 29.1 Å². The highest BCUT2D eigenvalue weighted by molar-refractivity contribution is 5.71. The van der Waals surface area contributed by atoms with Crippen molar-refractivity contribution in [2.24, 2.45) is 7.05 Å². The summed E-state index contributed by atoms with van der Waals surface area (Å²) in [4.78, 5) is 8.82. The van der Waals surface area contributed by atoms with E-state index in [1.807, 2.05) is 57.6 Å². The minimum Gasteiger partial charge on any atom is -0.377 e. The van der Waals surface area contributed by atoms with Crippen LogP contribution >= 0.6 is 0 Å². The van der Waals surface area contributed by atoms with Crippen molar-refractivity contribution in [1.82, 2.24) is 29.5 Å². The molecule has 1 N–H and O–H groups in total. The summed E-state index contributed by atoms with van der Waals surface area (Å²) in [5, 5.41) is 21.7. The minimum absolute atomic E-state index is 0.0593. The molecule has 0 spiro atoms. The quantitative estimate of drug-likeness (QED) is 0.474. The standard InChI is InChI=1S/C24H26N8O/c1-14-23(19-9-7-18(12-25)8-10-19)30-31(5)24(14)28-20-11-21(27-13-26-20)32-16(3)22(15(2)29-32)17(4)33-6/h7-11,13,17H,1-6H3,(H,26,27,28)/t17-/m1/s1. The van der Waals surface area contributed by atoms with E-state index in [1.165, 1.54) is 6.33 Å². The summed E-state index contributed by atoms with van der Waals surface area (Å²) < 4.78 is 9.10. The molecule has 9 nitrogen and oxygen atoms in total. The maximum atomic E-state index is 9.04. The van der Waals surface area contributed by atoms with Gasteiger partial charge in [-0.25, -0.2) is 14.6 Å². The summed E-state index contributed by atoms with van der Waals surface area (Å²) >= 11 is 0. The summed E-state index contributed by atoms with van der Waals surface area (Å²) in [7, 11) is 3.57. The first-order valence-electron chi connectivity index (χ1n) is 10.6. The fourth-order valence-electron chi connectivity index (χ4n) is 4.02. The second-order valence-electron chi connectivity index (χ2n) is 7.90. The van der Waals surface area contributed by atoms with Crippen molar-refractivity contribution in [3.63, 3.8) is 0 Å². The molecule has 0 bridgehead atoms. The molecule has 3 heterocycles. The SMILES string of the molecule is CO[C@H](C)c1c(C)nn(-c2cc(Nc3c(C)c(-c4ccc(C#N)cc4)nn3C)ncn2)c1C. The Balaban J connectivity index is 1.66. The molecule has 0 saturated heterocycles. The van der Waals surface area contributed by atoms with Gasteiger partial charge in [0, 0.05) is 42.6 Å². The largest absolute Gasteiger partial charge is 0.377 e. The van der Waals surface area contributed by atoms with E-state index in [1.54, 1.807) is 23.9 Å². The molecule has 0 aliphatic rings. The molecule has 0 radical (unpaired) electrons. The molecule has 0 amide bonds. The van der Waals surface area contributed by atoms with Gasteiger partial charge in [0.25, 0.3) is 0 Å². The average molecular weight is 443 g/mol. The van der Waals surface area contributed by atoms with Crippen LogP contribution in [-0.2, 0) is 11.8 Å². The van der Waals surface area contributed by atoms with Crippen LogP contribution in [0.25, 0.3) is 17.1 Å². The van der Waals surface area contributed by atoms with Crippen molar-refractivity contribution in [2.45, 2.75) is 33.8 Å². The molecule has 4 aromatic rings. The molecule has 33 heavy (non-hydrogen) atoms. The lowest BCUT2D eigenvalue weighted by molar-refractivity contribution is 0.118. The highest BCUT2D eigenvalue weighted by Gasteiger charge is 2.19. The van der Waals surface area contributed by atoms with Crippen molar-refractivity contribution in [3.05, 3.63) is 64.7 Å². The van der Waals surface area contributed by atoms with Crippen LogP contribution in [0.15, 0.2) is 36.7 Å². The molecule has 0 aliphatic heterocycles. The number of rotatable bonds is 6. The maximum Gasteiger partial charge on any atom is 0.159 e. The normalized spacial score (nSPS) is 11.9. The fraction of sp³-hybridized carbons (Fsp3) is 0.292. The molecule has 4 rings (SSSR count). The van der Waals surface area contributed by atoms with Gasteiger partial charge in [-0.1, -0.05) is 12.1 Å². The lowest BCUT2D eigenvalue weighted by atomic mass is 10.1. The van der Waals surface area contributed by atoms with E-state index in [-0.39, 0.29) is 6.10 Å². The summed E-state index contributed by atoms with van der Waals surface area (Å²) in [5.41, 5.74) is 6.32. The third-order valence-corrected chi connectivity index (χ3v) is 5.79. The first-order valence-corrected chi connectivity index (χ1v) is 10.6. The van der Waals surface area contributed by atoms with Crippen molar-refractivity contribution >= 4 is 11.6 Å². The van der Waals surface area contributed by atoms with Crippen LogP contribution in [0.5, 0.6) is 0 Å². The molecule has 1 atom stereocenters. The van der Waals surface area contributed by atoms with Crippen LogP contribution in [0.3, 0.4) is 0 Å². The molecule has 168 valence electrons. The predicted octanol–water partition coefficient (Wildman–Crippen LogP) is 4.31. The Morgan fingerprint density at radius 2 is 1.82 bits per heavy atom. The average Bonchev–Trinajstić information content (AvgIpc) is 3.28. The Kier molecular flexibility index (Phi) is 5.94. The number of anilines is 2. The van der Waals surface area contributed by atoms with Gasteiger partial charge in [-0.2, -0.15) is 15.5 Å². The minimum atomic E-state index is -0.0593. The zero-order valence-electron chi connectivity index (χ0n) is 19.6. The van der Waals surface area contributed by atoms with E-state index in [0.717, 1.165) is 39.6 Å². The van der Waals surface area contributed by atoms with Crippen LogP contribution in [0, 0.1) is 32.1 Å². The first kappa shape index (κ1) is 22.2. The lowest BCUT2D eigenvalue weighted by Crippen LogP contribution is -2.07. The molecule has 0 aliphatic carbocycles. The van der Waals surface area contributed by atoms with Gasteiger partial charge in [-0.05, 0) is 39.8 Å². The highest BCUT2D eigenvalue weighted by Crippen LogP contribution is 2.30. The molecular weight excluding hydrogens is 416 g/mol. The van der Waals surface area contributed by atoms with Crippen LogP contribution in [0.1, 0.15) is 41.1 Å². The Labute approximate surface area is 192 Å². The number of ether oxygens (including phenoxy) is 1. The van der Waals surface area contributed by atoms with Gasteiger partial charge < -0.3 is 10.1 Å².